The first-order valence-electron chi connectivity index (χ1n) is 28.0. The summed E-state index contributed by atoms with van der Waals surface area (Å²) in [7, 11) is -4.39. The van der Waals surface area contributed by atoms with Gasteiger partial charge in [-0.15, -0.1) is 0 Å². The molecule has 0 aliphatic heterocycles. The van der Waals surface area contributed by atoms with E-state index in [2.05, 4.69) is 50.3 Å². The fourth-order valence-corrected chi connectivity index (χ4v) is 8.88. The minimum absolute atomic E-state index is 0.0530. The first-order valence-corrected chi connectivity index (χ1v) is 29.5. The van der Waals surface area contributed by atoms with Gasteiger partial charge in [0.2, 0.25) is 0 Å². The number of carbonyl (C=O) groups is 2. The number of hydrogen-bond donors (Lipinski definition) is 2. The van der Waals surface area contributed by atoms with E-state index in [1.165, 1.54) is 186 Å². The molecule has 10 heteroatoms. The van der Waals surface area contributed by atoms with Crippen molar-refractivity contribution in [2.45, 2.75) is 283 Å². The molecule has 66 heavy (non-hydrogen) atoms. The molecular weight excluding hydrogens is 846 g/mol. The molecule has 0 spiro atoms. The molecule has 0 aliphatic rings. The molecule has 0 bridgehead atoms. The summed E-state index contributed by atoms with van der Waals surface area (Å²) in [5, 5.41) is 0. The molecule has 0 saturated carbocycles. The quantitative estimate of drug-likeness (QED) is 0.0264. The van der Waals surface area contributed by atoms with Crippen molar-refractivity contribution in [3.05, 3.63) is 36.5 Å². The number of phosphoric ester groups is 1. The molecule has 3 N–H and O–H groups in total. The maximum absolute atomic E-state index is 12.7. The monoisotopic (exact) mass is 952 g/mol. The molecule has 0 amide bonds. The Labute approximate surface area is 407 Å². The number of hydrogen-bond acceptors (Lipinski definition) is 8. The third-order valence-electron chi connectivity index (χ3n) is 12.3. The highest BCUT2D eigenvalue weighted by Gasteiger charge is 2.26. The number of rotatable bonds is 53. The molecule has 0 aromatic carbocycles. The third-order valence-corrected chi connectivity index (χ3v) is 13.3. The molecule has 0 radical (unpaired) electrons. The molecule has 0 aliphatic carbocycles. The highest BCUT2D eigenvalue weighted by molar-refractivity contribution is 7.47. The maximum atomic E-state index is 12.7. The van der Waals surface area contributed by atoms with E-state index in [-0.39, 0.29) is 38.6 Å². The van der Waals surface area contributed by atoms with Crippen molar-refractivity contribution in [2.24, 2.45) is 5.73 Å². The lowest BCUT2D eigenvalue weighted by Gasteiger charge is -2.19. The van der Waals surface area contributed by atoms with Crippen LogP contribution < -0.4 is 5.73 Å². The standard InChI is InChI=1S/C56H106NO8P/c1-3-5-7-9-11-13-15-17-19-21-23-25-27-29-31-33-35-37-39-41-43-45-47-49-56(59)65-54(53-64-66(60,61)63-51-50-57)52-62-55(58)48-46-44-42-40-38-36-34-32-30-28-26-24-22-20-18-16-14-12-10-8-6-4-2/h15,17,21,23,27,29,54H,3-14,16,18-20,22,24-26,28,30-53,57H2,1-2H3,(H,60,61)/b17-15-,23-21-,29-27-. The van der Waals surface area contributed by atoms with Crippen LogP contribution in [0, 0.1) is 0 Å². The van der Waals surface area contributed by atoms with Crippen molar-refractivity contribution >= 4 is 19.8 Å². The van der Waals surface area contributed by atoms with Crippen molar-refractivity contribution in [2.75, 3.05) is 26.4 Å². The highest BCUT2D eigenvalue weighted by Crippen LogP contribution is 2.43. The Morgan fingerprint density at radius 1 is 0.455 bits per heavy atom. The van der Waals surface area contributed by atoms with Gasteiger partial charge in [0.05, 0.1) is 13.2 Å². The second-order valence-electron chi connectivity index (χ2n) is 18.8. The van der Waals surface area contributed by atoms with Crippen LogP contribution in [0.25, 0.3) is 0 Å². The summed E-state index contributed by atoms with van der Waals surface area (Å²) in [5.41, 5.74) is 5.38. The summed E-state index contributed by atoms with van der Waals surface area (Å²) in [6.07, 6.45) is 61.9. The van der Waals surface area contributed by atoms with Gasteiger partial charge in [0.25, 0.3) is 0 Å². The Morgan fingerprint density at radius 3 is 1.17 bits per heavy atom. The van der Waals surface area contributed by atoms with Crippen LogP contribution in [-0.4, -0.2) is 49.3 Å². The summed E-state index contributed by atoms with van der Waals surface area (Å²) >= 11 is 0. The number of unbranched alkanes of at least 4 members (excludes halogenated alkanes) is 34. The van der Waals surface area contributed by atoms with Crippen molar-refractivity contribution in [3.63, 3.8) is 0 Å². The minimum atomic E-state index is -4.39. The zero-order valence-corrected chi connectivity index (χ0v) is 44.1. The largest absolute Gasteiger partial charge is 0.472 e. The Morgan fingerprint density at radius 2 is 0.788 bits per heavy atom. The van der Waals surface area contributed by atoms with Gasteiger partial charge in [-0.05, 0) is 51.4 Å². The molecule has 0 rings (SSSR count). The smallest absolute Gasteiger partial charge is 0.462 e. The predicted molar refractivity (Wildman–Crippen MR) is 280 cm³/mol. The van der Waals surface area contributed by atoms with Gasteiger partial charge in [-0.1, -0.05) is 249 Å². The first kappa shape index (κ1) is 64.2. The number of ether oxygens (including phenoxy) is 2. The minimum Gasteiger partial charge on any atom is -0.462 e. The summed E-state index contributed by atoms with van der Waals surface area (Å²) in [6, 6.07) is 0. The molecule has 0 heterocycles. The summed E-state index contributed by atoms with van der Waals surface area (Å²) in [5.74, 6) is -0.823. The van der Waals surface area contributed by atoms with Gasteiger partial charge in [0.1, 0.15) is 6.61 Å². The van der Waals surface area contributed by atoms with Crippen LogP contribution in [0.2, 0.25) is 0 Å². The zero-order valence-electron chi connectivity index (χ0n) is 43.2. The first-order chi connectivity index (χ1) is 32.3. The van der Waals surface area contributed by atoms with Crippen LogP contribution in [0.5, 0.6) is 0 Å². The average Bonchev–Trinajstić information content (AvgIpc) is 3.31. The van der Waals surface area contributed by atoms with Crippen LogP contribution >= 0.6 is 7.82 Å². The molecule has 2 atom stereocenters. The average molecular weight is 952 g/mol. The molecule has 2 unspecified atom stereocenters. The number of carbonyl (C=O) groups excluding carboxylic acids is 2. The predicted octanol–water partition coefficient (Wildman–Crippen LogP) is 17.2. The van der Waals surface area contributed by atoms with Crippen LogP contribution in [0.3, 0.4) is 0 Å². The molecule has 0 aromatic rings. The van der Waals surface area contributed by atoms with Crippen molar-refractivity contribution in [1.82, 2.24) is 0 Å². The number of phosphoric acid groups is 1. The molecule has 0 saturated heterocycles. The van der Waals surface area contributed by atoms with Gasteiger partial charge >= 0.3 is 19.8 Å². The van der Waals surface area contributed by atoms with Crippen molar-refractivity contribution in [1.29, 1.82) is 0 Å². The Bertz CT molecular complexity index is 1180. The number of esters is 2. The molecular formula is C56H106NO8P. The Balaban J connectivity index is 4.00. The van der Waals surface area contributed by atoms with E-state index in [4.69, 9.17) is 24.3 Å². The van der Waals surface area contributed by atoms with Crippen LogP contribution in [0.15, 0.2) is 36.5 Å². The van der Waals surface area contributed by atoms with Gasteiger partial charge in [-0.25, -0.2) is 4.57 Å². The van der Waals surface area contributed by atoms with Crippen LogP contribution in [0.1, 0.15) is 277 Å². The topological polar surface area (TPSA) is 134 Å². The fraction of sp³-hybridized carbons (Fsp3) is 0.857. The van der Waals surface area contributed by atoms with Gasteiger partial charge in [0, 0.05) is 19.4 Å². The molecule has 0 aromatic heterocycles. The van der Waals surface area contributed by atoms with Crippen LogP contribution in [-0.2, 0) is 32.7 Å². The summed E-state index contributed by atoms with van der Waals surface area (Å²) in [6.45, 7) is 3.77. The third kappa shape index (κ3) is 51.6. The normalized spacial score (nSPS) is 13.3. The second-order valence-corrected chi connectivity index (χ2v) is 20.3. The lowest BCUT2D eigenvalue weighted by Crippen LogP contribution is -2.29. The fourth-order valence-electron chi connectivity index (χ4n) is 8.12. The second kappa shape index (κ2) is 52.6. The highest BCUT2D eigenvalue weighted by atomic mass is 31.2. The molecule has 388 valence electrons. The SMILES string of the molecule is CCCCCCC/C=C\C/C=C\C/C=C\CCCCCCCCCCC(=O)OC(COC(=O)CCCCCCCCCCCCCCCCCCCCCCCC)COP(=O)(O)OCCN. The zero-order chi connectivity index (χ0) is 48.1. The number of nitrogens with two attached hydrogens (primary N) is 1. The lowest BCUT2D eigenvalue weighted by molar-refractivity contribution is -0.161. The van der Waals surface area contributed by atoms with Gasteiger partial charge < -0.3 is 20.1 Å². The Kier molecular flexibility index (Phi) is 51.2. The van der Waals surface area contributed by atoms with E-state index in [1.807, 2.05) is 0 Å². The Hall–Kier alpha value is -1.77. The van der Waals surface area contributed by atoms with E-state index in [0.717, 1.165) is 57.8 Å². The van der Waals surface area contributed by atoms with Crippen molar-refractivity contribution in [3.8, 4) is 0 Å². The van der Waals surface area contributed by atoms with E-state index in [9.17, 15) is 19.0 Å². The lowest BCUT2D eigenvalue weighted by atomic mass is 10.0. The molecule has 0 fully saturated rings. The van der Waals surface area contributed by atoms with Crippen LogP contribution in [0.4, 0.5) is 0 Å². The van der Waals surface area contributed by atoms with Gasteiger partial charge in [0.15, 0.2) is 6.10 Å². The van der Waals surface area contributed by atoms with Gasteiger partial charge in [-0.3, -0.25) is 18.6 Å². The van der Waals surface area contributed by atoms with Crippen molar-refractivity contribution < 1.29 is 37.6 Å². The number of allylic oxidation sites excluding steroid dienone is 6. The van der Waals surface area contributed by atoms with E-state index < -0.39 is 26.5 Å². The summed E-state index contributed by atoms with van der Waals surface area (Å²) in [4.78, 5) is 35.1. The van der Waals surface area contributed by atoms with Gasteiger partial charge in [-0.2, -0.15) is 0 Å². The molecule has 9 nitrogen and oxygen atoms in total. The summed E-state index contributed by atoms with van der Waals surface area (Å²) < 4.78 is 33.0. The van der Waals surface area contributed by atoms with E-state index >= 15 is 0 Å². The maximum Gasteiger partial charge on any atom is 0.472 e. The van der Waals surface area contributed by atoms with E-state index in [1.54, 1.807) is 0 Å². The van der Waals surface area contributed by atoms with E-state index in [0.29, 0.717) is 6.42 Å².